The molecule has 0 spiro atoms. The molecule has 2 rings (SSSR count). The minimum absolute atomic E-state index is 0.139. The Morgan fingerprint density at radius 1 is 1.29 bits per heavy atom. The average Bonchev–Trinajstić information content (AvgIpc) is 2.43. The first-order chi connectivity index (χ1) is 9.79. The number of benzene rings is 1. The quantitative estimate of drug-likeness (QED) is 0.832. The molecule has 1 aliphatic carbocycles. The van der Waals surface area contributed by atoms with Crippen LogP contribution in [0.5, 0.6) is 0 Å². The summed E-state index contributed by atoms with van der Waals surface area (Å²) in [6.45, 7) is 4.50. The van der Waals surface area contributed by atoms with Crippen LogP contribution in [0.25, 0.3) is 0 Å². The second kappa shape index (κ2) is 6.55. The van der Waals surface area contributed by atoms with Crippen LogP contribution in [-0.2, 0) is 10.0 Å². The molecule has 1 aliphatic rings. The number of rotatable bonds is 4. The van der Waals surface area contributed by atoms with Crippen LogP contribution in [0, 0.1) is 18.8 Å². The van der Waals surface area contributed by atoms with Crippen molar-refractivity contribution in [2.45, 2.75) is 44.4 Å². The summed E-state index contributed by atoms with van der Waals surface area (Å²) in [5, 5.41) is 0.377. The Labute approximate surface area is 132 Å². The number of sulfonamides is 1. The van der Waals surface area contributed by atoms with Crippen LogP contribution in [0.2, 0.25) is 5.02 Å². The second-order valence-corrected chi connectivity index (χ2v) is 8.27. The smallest absolute Gasteiger partial charge is 0.240 e. The van der Waals surface area contributed by atoms with Gasteiger partial charge in [-0.05, 0) is 49.3 Å². The highest BCUT2D eigenvalue weighted by Crippen LogP contribution is 2.29. The van der Waals surface area contributed by atoms with Gasteiger partial charge in [0.1, 0.15) is 0 Å². The number of hydrogen-bond donors (Lipinski definition) is 2. The lowest BCUT2D eigenvalue weighted by atomic mass is 9.83. The highest BCUT2D eigenvalue weighted by molar-refractivity contribution is 7.89. The maximum atomic E-state index is 12.3. The highest BCUT2D eigenvalue weighted by atomic mass is 35.5. The molecule has 0 amide bonds. The molecule has 0 bridgehead atoms. The zero-order valence-electron chi connectivity index (χ0n) is 12.5. The van der Waals surface area contributed by atoms with Crippen molar-refractivity contribution in [1.82, 2.24) is 4.72 Å². The zero-order chi connectivity index (χ0) is 15.6. The summed E-state index contributed by atoms with van der Waals surface area (Å²) in [4.78, 5) is 0.139. The standard InChI is InChI=1S/C15H23ClN2O2S/c1-10-3-5-12(6-4-10)9-18-21(19,20)13-7-14(16)11(2)15(17)8-13/h7-8,10,12,18H,3-6,9,17H2,1-2H3. The Balaban J connectivity index is 2.05. The van der Waals surface area contributed by atoms with Gasteiger partial charge in [-0.15, -0.1) is 0 Å². The number of nitrogen functional groups attached to an aromatic ring is 1. The third kappa shape index (κ3) is 4.11. The largest absolute Gasteiger partial charge is 0.398 e. The van der Waals surface area contributed by atoms with Crippen LogP contribution in [0.3, 0.4) is 0 Å². The van der Waals surface area contributed by atoms with E-state index in [0.29, 0.717) is 28.7 Å². The molecule has 3 N–H and O–H groups in total. The maximum Gasteiger partial charge on any atom is 0.240 e. The molecule has 1 aromatic carbocycles. The summed E-state index contributed by atoms with van der Waals surface area (Å²) < 4.78 is 27.4. The van der Waals surface area contributed by atoms with Gasteiger partial charge in [0.15, 0.2) is 0 Å². The van der Waals surface area contributed by atoms with Crippen LogP contribution in [-0.4, -0.2) is 15.0 Å². The van der Waals surface area contributed by atoms with E-state index in [1.807, 2.05) is 0 Å². The van der Waals surface area contributed by atoms with Crippen LogP contribution in [0.1, 0.15) is 38.2 Å². The summed E-state index contributed by atoms with van der Waals surface area (Å²) in [6, 6.07) is 2.92. The van der Waals surface area contributed by atoms with Gasteiger partial charge in [0, 0.05) is 17.3 Å². The van der Waals surface area contributed by atoms with E-state index in [-0.39, 0.29) is 4.90 Å². The SMILES string of the molecule is Cc1c(N)cc(S(=O)(=O)NCC2CCC(C)CC2)cc1Cl. The highest BCUT2D eigenvalue weighted by Gasteiger charge is 2.22. The molecule has 0 atom stereocenters. The van der Waals surface area contributed by atoms with Crippen LogP contribution in [0.4, 0.5) is 5.69 Å². The van der Waals surface area contributed by atoms with Gasteiger partial charge < -0.3 is 5.73 Å². The van der Waals surface area contributed by atoms with Crippen molar-refractivity contribution in [3.8, 4) is 0 Å². The van der Waals surface area contributed by atoms with Gasteiger partial charge in [0.05, 0.1) is 4.90 Å². The third-order valence-electron chi connectivity index (χ3n) is 4.37. The normalized spacial score (nSPS) is 23.2. The molecule has 118 valence electrons. The first-order valence-electron chi connectivity index (χ1n) is 7.35. The van der Waals surface area contributed by atoms with E-state index in [2.05, 4.69) is 11.6 Å². The van der Waals surface area contributed by atoms with E-state index in [1.165, 1.54) is 25.0 Å². The van der Waals surface area contributed by atoms with E-state index in [9.17, 15) is 8.42 Å². The summed E-state index contributed by atoms with van der Waals surface area (Å²) in [6.07, 6.45) is 4.52. The Morgan fingerprint density at radius 2 is 1.90 bits per heavy atom. The van der Waals surface area contributed by atoms with Crippen LogP contribution >= 0.6 is 11.6 Å². The fourth-order valence-corrected chi connectivity index (χ4v) is 4.14. The second-order valence-electron chi connectivity index (χ2n) is 6.10. The minimum Gasteiger partial charge on any atom is -0.398 e. The van der Waals surface area contributed by atoms with Crippen molar-refractivity contribution < 1.29 is 8.42 Å². The lowest BCUT2D eigenvalue weighted by Gasteiger charge is -2.26. The van der Waals surface area contributed by atoms with Crippen molar-refractivity contribution in [3.05, 3.63) is 22.7 Å². The Bertz CT molecular complexity index is 585. The first-order valence-corrected chi connectivity index (χ1v) is 9.21. The number of anilines is 1. The van der Waals surface area contributed by atoms with E-state index >= 15 is 0 Å². The van der Waals surface area contributed by atoms with Crippen molar-refractivity contribution in [3.63, 3.8) is 0 Å². The zero-order valence-corrected chi connectivity index (χ0v) is 14.1. The van der Waals surface area contributed by atoms with Gasteiger partial charge in [0.2, 0.25) is 10.0 Å². The fraction of sp³-hybridized carbons (Fsp3) is 0.600. The lowest BCUT2D eigenvalue weighted by Crippen LogP contribution is -2.31. The van der Waals surface area contributed by atoms with E-state index in [1.54, 1.807) is 6.92 Å². The van der Waals surface area contributed by atoms with Gasteiger partial charge in [-0.3, -0.25) is 0 Å². The van der Waals surface area contributed by atoms with Gasteiger partial charge in [-0.1, -0.05) is 31.4 Å². The molecule has 1 aromatic rings. The summed E-state index contributed by atoms with van der Waals surface area (Å²) in [5.74, 6) is 1.18. The molecular formula is C15H23ClN2O2S. The predicted molar refractivity (Wildman–Crippen MR) is 86.9 cm³/mol. The molecule has 6 heteroatoms. The Kier molecular flexibility index (Phi) is 5.17. The van der Waals surface area contributed by atoms with Gasteiger partial charge in [0.25, 0.3) is 0 Å². The molecule has 0 saturated heterocycles. The molecule has 4 nitrogen and oxygen atoms in total. The lowest BCUT2D eigenvalue weighted by molar-refractivity contribution is 0.290. The first kappa shape index (κ1) is 16.6. The van der Waals surface area contributed by atoms with Crippen LogP contribution < -0.4 is 10.5 Å². The minimum atomic E-state index is -3.55. The van der Waals surface area contributed by atoms with E-state index in [0.717, 1.165) is 18.8 Å². The van der Waals surface area contributed by atoms with Crippen LogP contribution in [0.15, 0.2) is 17.0 Å². The van der Waals surface area contributed by atoms with Crippen molar-refractivity contribution in [1.29, 1.82) is 0 Å². The maximum absolute atomic E-state index is 12.3. The molecule has 0 aliphatic heterocycles. The van der Waals surface area contributed by atoms with Crippen molar-refractivity contribution >= 4 is 27.3 Å². The van der Waals surface area contributed by atoms with E-state index < -0.39 is 10.0 Å². The van der Waals surface area contributed by atoms with Gasteiger partial charge in [-0.2, -0.15) is 0 Å². The molecule has 1 saturated carbocycles. The average molecular weight is 331 g/mol. The number of nitrogens with one attached hydrogen (secondary N) is 1. The molecular weight excluding hydrogens is 308 g/mol. The van der Waals surface area contributed by atoms with Crippen molar-refractivity contribution in [2.75, 3.05) is 12.3 Å². The topological polar surface area (TPSA) is 72.2 Å². The Morgan fingerprint density at radius 3 is 2.48 bits per heavy atom. The predicted octanol–water partition coefficient (Wildman–Crippen LogP) is 3.34. The third-order valence-corrected chi connectivity index (χ3v) is 6.16. The summed E-state index contributed by atoms with van der Waals surface area (Å²) >= 11 is 6.02. The van der Waals surface area contributed by atoms with Gasteiger partial charge >= 0.3 is 0 Å². The summed E-state index contributed by atoms with van der Waals surface area (Å²) in [5.41, 5.74) is 6.90. The number of nitrogens with two attached hydrogens (primary N) is 1. The molecule has 0 heterocycles. The van der Waals surface area contributed by atoms with E-state index in [4.69, 9.17) is 17.3 Å². The van der Waals surface area contributed by atoms with Gasteiger partial charge in [-0.25, -0.2) is 13.1 Å². The molecule has 0 unspecified atom stereocenters. The molecule has 0 radical (unpaired) electrons. The molecule has 1 fully saturated rings. The number of halogens is 1. The Hall–Kier alpha value is -0.780. The number of hydrogen-bond acceptors (Lipinski definition) is 3. The monoisotopic (exact) mass is 330 g/mol. The molecule has 21 heavy (non-hydrogen) atoms. The van der Waals surface area contributed by atoms with Crippen molar-refractivity contribution in [2.24, 2.45) is 11.8 Å². The summed E-state index contributed by atoms with van der Waals surface area (Å²) in [7, 11) is -3.55. The molecule has 0 aromatic heterocycles. The fourth-order valence-electron chi connectivity index (χ4n) is 2.67.